The molecule has 0 saturated heterocycles. The lowest BCUT2D eigenvalue weighted by Gasteiger charge is -2.13. The van der Waals surface area contributed by atoms with Crippen LogP contribution >= 0.6 is 0 Å². The van der Waals surface area contributed by atoms with E-state index in [1.165, 1.54) is 47.3 Å². The van der Waals surface area contributed by atoms with Crippen molar-refractivity contribution >= 4 is 16.9 Å². The van der Waals surface area contributed by atoms with Crippen molar-refractivity contribution in [3.8, 4) is 5.69 Å². The second-order valence-corrected chi connectivity index (χ2v) is 8.26. The number of imidazole rings is 1. The number of aromatic nitrogens is 4. The predicted octanol–water partition coefficient (Wildman–Crippen LogP) is 3.69. The fourth-order valence-electron chi connectivity index (χ4n) is 4.17. The number of nitrogens with zero attached hydrogens (tertiary/aromatic N) is 5. The van der Waals surface area contributed by atoms with Crippen LogP contribution in [0.25, 0.3) is 16.9 Å². The van der Waals surface area contributed by atoms with Crippen molar-refractivity contribution in [2.75, 3.05) is 0 Å². The number of fused-ring (bicyclic) bond motifs is 1. The van der Waals surface area contributed by atoms with Crippen molar-refractivity contribution in [2.45, 2.75) is 19.5 Å². The largest absolute Gasteiger partial charge is 0.337 e. The Balaban J connectivity index is 1.67. The smallest absolute Gasteiger partial charge is 0.320 e. The number of halogens is 1. The first kappa shape index (κ1) is 22.9. The van der Waals surface area contributed by atoms with Crippen LogP contribution in [0.2, 0.25) is 0 Å². The van der Waals surface area contributed by atoms with E-state index in [-0.39, 0.29) is 29.9 Å². The van der Waals surface area contributed by atoms with Gasteiger partial charge in [-0.25, -0.2) is 18.7 Å². The second-order valence-electron chi connectivity index (χ2n) is 8.26. The summed E-state index contributed by atoms with van der Waals surface area (Å²) in [6.07, 6.45) is 1.87. The standard InChI is InChI=1S/C26H20FN5O4/c27-20-9-11-21(12-10-20)31-24-23(25(33)30(26(31)34)14-13-18-5-2-1-3-6-18)29(17-28-24)16-19-7-4-8-22(15-19)32(35)36/h1-12,15,17H,13-14,16H2. The van der Waals surface area contributed by atoms with Crippen molar-refractivity contribution in [1.29, 1.82) is 0 Å². The van der Waals surface area contributed by atoms with E-state index in [9.17, 15) is 24.1 Å². The molecule has 0 bridgehead atoms. The molecule has 10 heteroatoms. The monoisotopic (exact) mass is 485 g/mol. The Morgan fingerprint density at radius 2 is 1.64 bits per heavy atom. The van der Waals surface area contributed by atoms with Gasteiger partial charge >= 0.3 is 5.69 Å². The molecule has 0 unspecified atom stereocenters. The van der Waals surface area contributed by atoms with E-state index in [0.717, 1.165) is 10.1 Å². The zero-order chi connectivity index (χ0) is 25.2. The first-order valence-corrected chi connectivity index (χ1v) is 11.2. The zero-order valence-corrected chi connectivity index (χ0v) is 19.0. The fourth-order valence-corrected chi connectivity index (χ4v) is 4.17. The molecule has 5 aromatic rings. The summed E-state index contributed by atoms with van der Waals surface area (Å²) < 4.78 is 17.6. The minimum Gasteiger partial charge on any atom is -0.320 e. The third-order valence-corrected chi connectivity index (χ3v) is 5.93. The summed E-state index contributed by atoms with van der Waals surface area (Å²) >= 11 is 0. The Morgan fingerprint density at radius 1 is 0.917 bits per heavy atom. The molecule has 0 aliphatic rings. The van der Waals surface area contributed by atoms with E-state index in [0.29, 0.717) is 17.7 Å². The number of hydrogen-bond donors (Lipinski definition) is 0. The van der Waals surface area contributed by atoms with Crippen LogP contribution in [0.5, 0.6) is 0 Å². The maximum atomic E-state index is 13.6. The summed E-state index contributed by atoms with van der Waals surface area (Å²) in [4.78, 5) is 42.1. The van der Waals surface area contributed by atoms with Crippen molar-refractivity contribution in [3.63, 3.8) is 0 Å². The normalized spacial score (nSPS) is 11.1. The second kappa shape index (κ2) is 9.41. The average molecular weight is 485 g/mol. The van der Waals surface area contributed by atoms with E-state index >= 15 is 0 Å². The van der Waals surface area contributed by atoms with E-state index in [1.54, 1.807) is 16.7 Å². The molecule has 0 atom stereocenters. The number of nitro benzene ring substituents is 1. The van der Waals surface area contributed by atoms with Crippen molar-refractivity contribution in [3.05, 3.63) is 133 Å². The Kier molecular flexibility index (Phi) is 5.99. The molecule has 3 aromatic carbocycles. The lowest BCUT2D eigenvalue weighted by molar-refractivity contribution is -0.384. The molecule has 36 heavy (non-hydrogen) atoms. The van der Waals surface area contributed by atoms with Crippen LogP contribution in [0, 0.1) is 15.9 Å². The molecule has 9 nitrogen and oxygen atoms in total. The topological polar surface area (TPSA) is 105 Å². The Morgan fingerprint density at radius 3 is 2.36 bits per heavy atom. The summed E-state index contributed by atoms with van der Waals surface area (Å²) in [5.74, 6) is -0.461. The average Bonchev–Trinajstić information content (AvgIpc) is 3.29. The van der Waals surface area contributed by atoms with Crippen LogP contribution in [0.15, 0.2) is 94.8 Å². The minimum atomic E-state index is -0.587. The highest BCUT2D eigenvalue weighted by Crippen LogP contribution is 2.18. The molecule has 0 saturated carbocycles. The molecular formula is C26H20FN5O4. The quantitative estimate of drug-likeness (QED) is 0.258. The minimum absolute atomic E-state index is 0.0691. The molecule has 5 rings (SSSR count). The molecule has 2 aromatic heterocycles. The van der Waals surface area contributed by atoms with Crippen LogP contribution < -0.4 is 11.2 Å². The van der Waals surface area contributed by atoms with Gasteiger partial charge in [-0.1, -0.05) is 42.5 Å². The molecule has 0 aliphatic carbocycles. The Hall–Kier alpha value is -4.86. The van der Waals surface area contributed by atoms with E-state index in [1.807, 2.05) is 30.3 Å². The van der Waals surface area contributed by atoms with Gasteiger partial charge in [-0.15, -0.1) is 0 Å². The number of rotatable bonds is 7. The van der Waals surface area contributed by atoms with Gasteiger partial charge in [0.25, 0.3) is 11.2 Å². The summed E-state index contributed by atoms with van der Waals surface area (Å²) in [6, 6.07) is 20.9. The highest BCUT2D eigenvalue weighted by atomic mass is 19.1. The summed E-state index contributed by atoms with van der Waals surface area (Å²) in [5.41, 5.74) is 1.03. The lowest BCUT2D eigenvalue weighted by atomic mass is 10.1. The molecule has 0 fully saturated rings. The first-order valence-electron chi connectivity index (χ1n) is 11.2. The number of hydrogen-bond acceptors (Lipinski definition) is 5. The molecule has 0 radical (unpaired) electrons. The van der Waals surface area contributed by atoms with E-state index < -0.39 is 22.0 Å². The summed E-state index contributed by atoms with van der Waals surface area (Å²) in [5, 5.41) is 11.2. The molecule has 180 valence electrons. The third-order valence-electron chi connectivity index (χ3n) is 5.93. The molecule has 2 heterocycles. The van der Waals surface area contributed by atoms with Crippen LogP contribution in [0.3, 0.4) is 0 Å². The van der Waals surface area contributed by atoms with Crippen LogP contribution in [-0.2, 0) is 19.5 Å². The maximum Gasteiger partial charge on any atom is 0.337 e. The van der Waals surface area contributed by atoms with E-state index in [2.05, 4.69) is 4.98 Å². The van der Waals surface area contributed by atoms with Crippen molar-refractivity contribution in [1.82, 2.24) is 18.7 Å². The van der Waals surface area contributed by atoms with Gasteiger partial charge in [0.1, 0.15) is 5.82 Å². The van der Waals surface area contributed by atoms with Gasteiger partial charge in [0, 0.05) is 25.2 Å². The van der Waals surface area contributed by atoms with Gasteiger partial charge in [-0.05, 0) is 41.8 Å². The zero-order valence-electron chi connectivity index (χ0n) is 19.0. The van der Waals surface area contributed by atoms with Crippen molar-refractivity contribution < 1.29 is 9.31 Å². The Labute approximate surface area is 203 Å². The molecular weight excluding hydrogens is 465 g/mol. The number of non-ortho nitro benzene ring substituents is 1. The fraction of sp³-hybridized carbons (Fsp3) is 0.115. The summed E-state index contributed by atoms with van der Waals surface area (Å²) in [6.45, 7) is 0.258. The van der Waals surface area contributed by atoms with Crippen LogP contribution in [0.1, 0.15) is 11.1 Å². The third kappa shape index (κ3) is 4.31. The first-order chi connectivity index (χ1) is 17.4. The molecule has 0 amide bonds. The van der Waals surface area contributed by atoms with Crippen LogP contribution in [-0.4, -0.2) is 23.6 Å². The van der Waals surface area contributed by atoms with Gasteiger partial charge in [-0.2, -0.15) is 0 Å². The van der Waals surface area contributed by atoms with Gasteiger partial charge in [0.15, 0.2) is 11.2 Å². The summed E-state index contributed by atoms with van der Waals surface area (Å²) in [7, 11) is 0. The van der Waals surface area contributed by atoms with E-state index in [4.69, 9.17) is 0 Å². The molecule has 0 spiro atoms. The highest BCUT2D eigenvalue weighted by molar-refractivity contribution is 5.72. The number of benzene rings is 3. The highest BCUT2D eigenvalue weighted by Gasteiger charge is 2.20. The molecule has 0 aliphatic heterocycles. The lowest BCUT2D eigenvalue weighted by Crippen LogP contribution is -2.40. The molecule has 0 N–H and O–H groups in total. The van der Waals surface area contributed by atoms with Gasteiger partial charge < -0.3 is 4.57 Å². The SMILES string of the molecule is O=c1c2c(ncn2Cc2cccc([N+](=O)[O-])c2)n(-c2ccc(F)cc2)c(=O)n1CCc1ccccc1. The van der Waals surface area contributed by atoms with Gasteiger partial charge in [0.05, 0.1) is 16.9 Å². The van der Waals surface area contributed by atoms with Gasteiger partial charge in [0.2, 0.25) is 0 Å². The van der Waals surface area contributed by atoms with Crippen LogP contribution in [0.4, 0.5) is 10.1 Å². The Bertz CT molecular complexity index is 1690. The van der Waals surface area contributed by atoms with Crippen molar-refractivity contribution in [2.24, 2.45) is 0 Å². The number of nitro groups is 1. The van der Waals surface area contributed by atoms with Gasteiger partial charge in [-0.3, -0.25) is 19.5 Å². The number of aryl methyl sites for hydroxylation is 1. The predicted molar refractivity (Wildman–Crippen MR) is 132 cm³/mol. The maximum absolute atomic E-state index is 13.6.